The summed E-state index contributed by atoms with van der Waals surface area (Å²) in [5.74, 6) is 5.10. The number of hydrogen-bond acceptors (Lipinski definition) is 5. The Morgan fingerprint density at radius 3 is 2.61 bits per heavy atom. The predicted molar refractivity (Wildman–Crippen MR) is 95.1 cm³/mol. The van der Waals surface area contributed by atoms with E-state index in [0.717, 1.165) is 27.0 Å². The zero-order valence-electron chi connectivity index (χ0n) is 13.4. The first kappa shape index (κ1) is 18.9. The molecule has 0 unspecified atom stereocenters. The molecule has 2 rings (SSSR count). The zero-order valence-corrected chi connectivity index (χ0v) is 15.0. The molecule has 7 heteroatoms. The van der Waals surface area contributed by atoms with Crippen LogP contribution in [0.4, 0.5) is 5.69 Å². The lowest BCUT2D eigenvalue weighted by Crippen LogP contribution is -2.18. The van der Waals surface area contributed by atoms with E-state index in [4.69, 9.17) is 9.53 Å². The lowest BCUT2D eigenvalue weighted by atomic mass is 10.2. The van der Waals surface area contributed by atoms with Crippen molar-refractivity contribution < 1.29 is 9.53 Å². The number of hydrazine groups is 1. The summed E-state index contributed by atoms with van der Waals surface area (Å²) in [5, 5.41) is 3.17. The number of carbonyl (C=O) groups is 1. The van der Waals surface area contributed by atoms with Crippen LogP contribution >= 0.6 is 15.9 Å². The van der Waals surface area contributed by atoms with E-state index in [1.807, 2.05) is 51.2 Å². The highest BCUT2D eigenvalue weighted by molar-refractivity contribution is 9.10. The van der Waals surface area contributed by atoms with Crippen LogP contribution in [-0.2, 0) is 11.4 Å². The molecule has 6 nitrogen and oxygen atoms in total. The van der Waals surface area contributed by atoms with Crippen molar-refractivity contribution in [3.63, 3.8) is 0 Å². The van der Waals surface area contributed by atoms with Gasteiger partial charge in [-0.25, -0.2) is 10.8 Å². The van der Waals surface area contributed by atoms with Gasteiger partial charge in [0.25, 0.3) is 0 Å². The summed E-state index contributed by atoms with van der Waals surface area (Å²) in [6, 6.07) is 10.0. The van der Waals surface area contributed by atoms with E-state index in [1.165, 1.54) is 0 Å². The molecular weight excluding hydrogens is 360 g/mol. The fourth-order valence-electron chi connectivity index (χ4n) is 1.83. The lowest BCUT2D eigenvalue weighted by molar-refractivity contribution is -0.109. The summed E-state index contributed by atoms with van der Waals surface area (Å²) in [4.78, 5) is 13.4. The van der Waals surface area contributed by atoms with Gasteiger partial charge in [0.1, 0.15) is 6.61 Å². The number of anilines is 1. The van der Waals surface area contributed by atoms with Gasteiger partial charge in [-0.1, -0.05) is 28.1 Å². The Labute approximate surface area is 144 Å². The van der Waals surface area contributed by atoms with Crippen molar-refractivity contribution in [2.24, 2.45) is 5.84 Å². The number of carbonyl (C=O) groups excluding carboxylic acids is 1. The molecule has 0 saturated carbocycles. The van der Waals surface area contributed by atoms with E-state index in [-0.39, 0.29) is 0 Å². The summed E-state index contributed by atoms with van der Waals surface area (Å²) in [6.07, 6.45) is 0.403. The number of nitrogens with zero attached hydrogens (tertiary/aromatic N) is 1. The van der Waals surface area contributed by atoms with Crippen LogP contribution in [0.1, 0.15) is 16.8 Å². The highest BCUT2D eigenvalue weighted by Crippen LogP contribution is 2.26. The molecule has 4 N–H and O–H groups in total. The predicted octanol–water partition coefficient (Wildman–Crippen LogP) is 2.69. The highest BCUT2D eigenvalue weighted by Gasteiger charge is 2.08. The number of halogens is 1. The molecule has 0 aliphatic heterocycles. The van der Waals surface area contributed by atoms with Gasteiger partial charge in [-0.3, -0.25) is 10.2 Å². The molecule has 0 saturated heterocycles. The summed E-state index contributed by atoms with van der Waals surface area (Å²) in [5.41, 5.74) is 5.90. The molecule has 124 valence electrons. The fraction of sp³-hybridized carbons (Fsp3) is 0.250. The van der Waals surface area contributed by atoms with E-state index in [1.54, 1.807) is 5.43 Å². The van der Waals surface area contributed by atoms with Gasteiger partial charge in [-0.2, -0.15) is 0 Å². The summed E-state index contributed by atoms with van der Waals surface area (Å²) >= 11 is 3.55. The van der Waals surface area contributed by atoms with Gasteiger partial charge in [-0.05, 0) is 32.0 Å². The minimum Gasteiger partial charge on any atom is -0.472 e. The number of aryl methyl sites for hydroxylation is 2. The van der Waals surface area contributed by atoms with Gasteiger partial charge in [0.05, 0.1) is 0 Å². The van der Waals surface area contributed by atoms with Crippen LogP contribution in [-0.4, -0.2) is 18.4 Å². The fourth-order valence-corrected chi connectivity index (χ4v) is 2.31. The van der Waals surface area contributed by atoms with Crippen molar-refractivity contribution in [1.29, 1.82) is 0 Å². The average Bonchev–Trinajstić information content (AvgIpc) is 2.56. The number of aromatic nitrogens is 1. The molecule has 0 atom stereocenters. The third-order valence-electron chi connectivity index (χ3n) is 3.00. The molecule has 1 heterocycles. The Bertz CT molecular complexity index is 650. The van der Waals surface area contributed by atoms with E-state index in [9.17, 15) is 0 Å². The topological polar surface area (TPSA) is 89.3 Å². The van der Waals surface area contributed by atoms with Gasteiger partial charge < -0.3 is 10.1 Å². The largest absolute Gasteiger partial charge is 0.472 e. The van der Waals surface area contributed by atoms with E-state index in [0.29, 0.717) is 18.9 Å². The van der Waals surface area contributed by atoms with Gasteiger partial charge >= 0.3 is 0 Å². The second-order valence-electron chi connectivity index (χ2n) is 4.66. The zero-order chi connectivity index (χ0) is 17.2. The lowest BCUT2D eigenvalue weighted by Gasteiger charge is -2.13. The Morgan fingerprint density at radius 1 is 1.30 bits per heavy atom. The van der Waals surface area contributed by atoms with Crippen LogP contribution in [0.25, 0.3) is 0 Å². The van der Waals surface area contributed by atoms with Crippen LogP contribution in [0.15, 0.2) is 34.8 Å². The molecular formula is C16H21BrN4O2. The van der Waals surface area contributed by atoms with E-state index in [2.05, 4.69) is 32.1 Å². The van der Waals surface area contributed by atoms with Gasteiger partial charge in [0.15, 0.2) is 0 Å². The SMILES string of the molecule is CNc1cccc(Br)c1COc1nc(C)ccc1C.NNC=O. The molecule has 0 aliphatic carbocycles. The van der Waals surface area contributed by atoms with Gasteiger partial charge in [-0.15, -0.1) is 0 Å². The number of pyridine rings is 1. The quantitative estimate of drug-likeness (QED) is 0.321. The van der Waals surface area contributed by atoms with Gasteiger partial charge in [0, 0.05) is 34.0 Å². The van der Waals surface area contributed by atoms with Crippen molar-refractivity contribution in [1.82, 2.24) is 10.4 Å². The summed E-state index contributed by atoms with van der Waals surface area (Å²) in [7, 11) is 1.90. The van der Waals surface area contributed by atoms with Crippen LogP contribution < -0.4 is 21.3 Å². The Balaban J connectivity index is 0.000000593. The number of amides is 1. The van der Waals surface area contributed by atoms with Crippen LogP contribution in [0, 0.1) is 13.8 Å². The summed E-state index contributed by atoms with van der Waals surface area (Å²) < 4.78 is 6.88. The molecule has 1 amide bonds. The van der Waals surface area contributed by atoms with Crippen LogP contribution in [0.3, 0.4) is 0 Å². The standard InChI is InChI=1S/C15H17BrN2O.CH4N2O/c1-10-7-8-11(2)18-15(10)19-9-12-13(16)5-4-6-14(12)17-3;2-3-1-4/h4-8,17H,9H2,1-3H3;1H,2H2,(H,3,4). The second kappa shape index (κ2) is 9.81. The molecule has 0 fully saturated rings. The molecule has 2 aromatic rings. The summed E-state index contributed by atoms with van der Waals surface area (Å²) in [6.45, 7) is 4.44. The van der Waals surface area contributed by atoms with Crippen molar-refractivity contribution in [2.75, 3.05) is 12.4 Å². The molecule has 1 aromatic heterocycles. The van der Waals surface area contributed by atoms with Crippen LogP contribution in [0.5, 0.6) is 5.88 Å². The molecule has 23 heavy (non-hydrogen) atoms. The maximum Gasteiger partial charge on any atom is 0.221 e. The molecule has 0 aliphatic rings. The minimum absolute atomic E-state index is 0.403. The number of benzene rings is 1. The van der Waals surface area contributed by atoms with Crippen molar-refractivity contribution in [2.45, 2.75) is 20.5 Å². The Hall–Kier alpha value is -2.12. The second-order valence-corrected chi connectivity index (χ2v) is 5.52. The normalized spacial score (nSPS) is 9.43. The van der Waals surface area contributed by atoms with Crippen LogP contribution in [0.2, 0.25) is 0 Å². The van der Waals surface area contributed by atoms with Crippen molar-refractivity contribution >= 4 is 28.0 Å². The Kier molecular flexibility index (Phi) is 8.07. The highest BCUT2D eigenvalue weighted by atomic mass is 79.9. The average molecular weight is 381 g/mol. The van der Waals surface area contributed by atoms with Gasteiger partial charge in [0.2, 0.25) is 12.3 Å². The van der Waals surface area contributed by atoms with E-state index >= 15 is 0 Å². The molecule has 1 aromatic carbocycles. The number of rotatable bonds is 5. The van der Waals surface area contributed by atoms with E-state index < -0.39 is 0 Å². The number of nitrogens with one attached hydrogen (secondary N) is 2. The monoisotopic (exact) mass is 380 g/mol. The first-order chi connectivity index (χ1) is 11.0. The first-order valence-electron chi connectivity index (χ1n) is 6.95. The molecule has 0 spiro atoms. The van der Waals surface area contributed by atoms with Crippen molar-refractivity contribution in [3.8, 4) is 5.88 Å². The smallest absolute Gasteiger partial charge is 0.221 e. The third-order valence-corrected chi connectivity index (χ3v) is 3.74. The Morgan fingerprint density at radius 2 is 2.00 bits per heavy atom. The number of ether oxygens (including phenoxy) is 1. The number of hydrogen-bond donors (Lipinski definition) is 3. The van der Waals surface area contributed by atoms with Crippen molar-refractivity contribution in [3.05, 3.63) is 51.6 Å². The molecule has 0 radical (unpaired) electrons. The number of nitrogens with two attached hydrogens (primary N) is 1. The third kappa shape index (κ3) is 5.88. The first-order valence-corrected chi connectivity index (χ1v) is 7.74. The maximum absolute atomic E-state index is 8.94. The minimum atomic E-state index is 0.403. The maximum atomic E-state index is 8.94. The molecule has 0 bridgehead atoms.